The van der Waals surface area contributed by atoms with Crippen LogP contribution in [0.25, 0.3) is 0 Å². The second kappa shape index (κ2) is 5.16. The number of nitrogen functional groups attached to an aromatic ring is 1. The average Bonchev–Trinajstić information content (AvgIpc) is 2.31. The van der Waals surface area contributed by atoms with Crippen LogP contribution >= 0.6 is 0 Å². The van der Waals surface area contributed by atoms with Gasteiger partial charge in [-0.3, -0.25) is 0 Å². The van der Waals surface area contributed by atoms with Crippen LogP contribution in [0.5, 0.6) is 12.0 Å². The number of hydrogen-bond acceptors (Lipinski definition) is 6. The second-order valence-electron chi connectivity index (χ2n) is 4.38. The maximum atomic E-state index is 5.77. The summed E-state index contributed by atoms with van der Waals surface area (Å²) in [6, 6.07) is 0.448. The molecule has 6 nitrogen and oxygen atoms in total. The van der Waals surface area contributed by atoms with Gasteiger partial charge < -0.3 is 15.2 Å². The van der Waals surface area contributed by atoms with E-state index in [9.17, 15) is 0 Å². The standard InChI is InChI=1S/C11H18N4O2/c1-7-5-3-4-6-8(7)17-11-14-9(12)13-10(15-11)16-2/h7-8H,3-6H2,1-2H3,(H2,12,13,14,15). The number of methoxy groups -OCH3 is 1. The maximum Gasteiger partial charge on any atom is 0.324 e. The Kier molecular flexibility index (Phi) is 3.61. The number of aromatic nitrogens is 3. The molecular weight excluding hydrogens is 220 g/mol. The van der Waals surface area contributed by atoms with E-state index in [0.717, 1.165) is 6.42 Å². The van der Waals surface area contributed by atoms with E-state index in [1.807, 2.05) is 0 Å². The number of rotatable bonds is 3. The van der Waals surface area contributed by atoms with Crippen molar-refractivity contribution in [1.29, 1.82) is 0 Å². The molecule has 2 atom stereocenters. The van der Waals surface area contributed by atoms with Gasteiger partial charge in [0, 0.05) is 0 Å². The van der Waals surface area contributed by atoms with Crippen molar-refractivity contribution in [2.24, 2.45) is 5.92 Å². The molecule has 1 heterocycles. The third kappa shape index (κ3) is 2.95. The second-order valence-corrected chi connectivity index (χ2v) is 4.38. The molecule has 2 rings (SSSR count). The largest absolute Gasteiger partial charge is 0.467 e. The minimum Gasteiger partial charge on any atom is -0.467 e. The number of nitrogens with two attached hydrogens (primary N) is 1. The Balaban J connectivity index is 2.09. The van der Waals surface area contributed by atoms with Gasteiger partial charge in [0.1, 0.15) is 6.10 Å². The van der Waals surface area contributed by atoms with Crippen LogP contribution in [0.2, 0.25) is 0 Å². The highest BCUT2D eigenvalue weighted by molar-refractivity contribution is 5.20. The molecule has 0 spiro atoms. The summed E-state index contributed by atoms with van der Waals surface area (Å²) in [5, 5.41) is 0. The molecule has 17 heavy (non-hydrogen) atoms. The van der Waals surface area contributed by atoms with Gasteiger partial charge in [-0.25, -0.2) is 0 Å². The molecule has 0 amide bonds. The van der Waals surface area contributed by atoms with Crippen molar-refractivity contribution < 1.29 is 9.47 Å². The highest BCUT2D eigenvalue weighted by atomic mass is 16.5. The predicted octanol–water partition coefficient (Wildman–Crippen LogP) is 1.42. The Labute approximate surface area is 101 Å². The molecule has 0 aliphatic heterocycles. The van der Waals surface area contributed by atoms with E-state index in [2.05, 4.69) is 21.9 Å². The van der Waals surface area contributed by atoms with Crippen LogP contribution in [-0.4, -0.2) is 28.2 Å². The first kappa shape index (κ1) is 11.9. The van der Waals surface area contributed by atoms with Crippen molar-refractivity contribution in [2.45, 2.75) is 38.7 Å². The average molecular weight is 238 g/mol. The van der Waals surface area contributed by atoms with Gasteiger partial charge in [0.05, 0.1) is 7.11 Å². The Bertz CT molecular complexity index is 386. The van der Waals surface area contributed by atoms with Crippen molar-refractivity contribution in [3.8, 4) is 12.0 Å². The smallest absolute Gasteiger partial charge is 0.324 e. The number of anilines is 1. The molecule has 0 bridgehead atoms. The van der Waals surface area contributed by atoms with Crippen LogP contribution in [0.1, 0.15) is 32.6 Å². The van der Waals surface area contributed by atoms with E-state index in [1.54, 1.807) is 0 Å². The Morgan fingerprint density at radius 3 is 2.53 bits per heavy atom. The Hall–Kier alpha value is -1.59. The van der Waals surface area contributed by atoms with Crippen molar-refractivity contribution in [1.82, 2.24) is 15.0 Å². The lowest BCUT2D eigenvalue weighted by Gasteiger charge is -2.28. The third-order valence-corrected chi connectivity index (χ3v) is 3.08. The summed E-state index contributed by atoms with van der Waals surface area (Å²) in [6.45, 7) is 2.19. The molecular formula is C11H18N4O2. The molecule has 94 valence electrons. The molecule has 2 unspecified atom stereocenters. The molecule has 1 saturated carbocycles. The third-order valence-electron chi connectivity index (χ3n) is 3.08. The lowest BCUT2D eigenvalue weighted by molar-refractivity contribution is 0.0912. The van der Waals surface area contributed by atoms with Gasteiger partial charge in [-0.2, -0.15) is 9.97 Å². The Morgan fingerprint density at radius 1 is 1.12 bits per heavy atom. The van der Waals surface area contributed by atoms with E-state index >= 15 is 0 Å². The van der Waals surface area contributed by atoms with E-state index < -0.39 is 0 Å². The van der Waals surface area contributed by atoms with E-state index in [-0.39, 0.29) is 24.1 Å². The van der Waals surface area contributed by atoms with E-state index in [0.29, 0.717) is 5.92 Å². The highest BCUT2D eigenvalue weighted by Crippen LogP contribution is 2.27. The van der Waals surface area contributed by atoms with Crippen LogP contribution in [0.4, 0.5) is 5.95 Å². The first-order valence-corrected chi connectivity index (χ1v) is 5.91. The van der Waals surface area contributed by atoms with Gasteiger partial charge in [0.2, 0.25) is 5.95 Å². The molecule has 6 heteroatoms. The number of nitrogens with zero attached hydrogens (tertiary/aromatic N) is 3. The summed E-state index contributed by atoms with van der Waals surface area (Å²) in [5.74, 6) is 0.642. The van der Waals surface area contributed by atoms with Crippen molar-refractivity contribution in [3.05, 3.63) is 0 Å². The molecule has 1 aliphatic carbocycles. The molecule has 0 aromatic carbocycles. The lowest BCUT2D eigenvalue weighted by atomic mass is 9.88. The minimum atomic E-state index is 0.121. The molecule has 0 saturated heterocycles. The summed E-state index contributed by atoms with van der Waals surface area (Å²) in [5.41, 5.74) is 5.55. The summed E-state index contributed by atoms with van der Waals surface area (Å²) in [7, 11) is 1.49. The van der Waals surface area contributed by atoms with E-state index in [4.69, 9.17) is 15.2 Å². The summed E-state index contributed by atoms with van der Waals surface area (Å²) in [4.78, 5) is 11.8. The zero-order valence-electron chi connectivity index (χ0n) is 10.2. The van der Waals surface area contributed by atoms with Gasteiger partial charge in [-0.15, -0.1) is 4.98 Å². The van der Waals surface area contributed by atoms with Crippen molar-refractivity contribution in [2.75, 3.05) is 12.8 Å². The zero-order valence-corrected chi connectivity index (χ0v) is 10.2. The summed E-state index contributed by atoms with van der Waals surface area (Å²) >= 11 is 0. The molecule has 1 fully saturated rings. The molecule has 1 aromatic heterocycles. The Morgan fingerprint density at radius 2 is 1.82 bits per heavy atom. The monoisotopic (exact) mass is 238 g/mol. The van der Waals surface area contributed by atoms with Crippen LogP contribution in [0.3, 0.4) is 0 Å². The van der Waals surface area contributed by atoms with E-state index in [1.165, 1.54) is 26.4 Å². The van der Waals surface area contributed by atoms with Crippen LogP contribution < -0.4 is 15.2 Å². The number of ether oxygens (including phenoxy) is 2. The molecule has 1 aromatic rings. The fourth-order valence-corrected chi connectivity index (χ4v) is 2.09. The van der Waals surface area contributed by atoms with Gasteiger partial charge >= 0.3 is 12.0 Å². The lowest BCUT2D eigenvalue weighted by Crippen LogP contribution is -2.29. The first-order chi connectivity index (χ1) is 8.19. The molecule has 2 N–H and O–H groups in total. The van der Waals surface area contributed by atoms with Crippen LogP contribution in [-0.2, 0) is 0 Å². The fourth-order valence-electron chi connectivity index (χ4n) is 2.09. The summed E-state index contributed by atoms with van der Waals surface area (Å²) in [6.07, 6.45) is 4.84. The van der Waals surface area contributed by atoms with Gasteiger partial charge in [-0.05, 0) is 25.2 Å². The van der Waals surface area contributed by atoms with Gasteiger partial charge in [-0.1, -0.05) is 13.3 Å². The minimum absolute atomic E-state index is 0.121. The number of hydrogen-bond donors (Lipinski definition) is 1. The maximum absolute atomic E-state index is 5.77. The van der Waals surface area contributed by atoms with Crippen molar-refractivity contribution >= 4 is 5.95 Å². The molecule has 1 aliphatic rings. The normalized spacial score (nSPS) is 24.4. The fraction of sp³-hybridized carbons (Fsp3) is 0.727. The summed E-state index contributed by atoms with van der Waals surface area (Å²) < 4.78 is 10.7. The van der Waals surface area contributed by atoms with Crippen molar-refractivity contribution in [3.63, 3.8) is 0 Å². The van der Waals surface area contributed by atoms with Gasteiger partial charge in [0.25, 0.3) is 0 Å². The zero-order chi connectivity index (χ0) is 12.3. The quantitative estimate of drug-likeness (QED) is 0.857. The van der Waals surface area contributed by atoms with Gasteiger partial charge in [0.15, 0.2) is 0 Å². The van der Waals surface area contributed by atoms with Crippen LogP contribution in [0, 0.1) is 5.92 Å². The first-order valence-electron chi connectivity index (χ1n) is 5.91. The topological polar surface area (TPSA) is 83.2 Å². The molecule has 0 radical (unpaired) electrons. The van der Waals surface area contributed by atoms with Crippen LogP contribution in [0.15, 0.2) is 0 Å². The predicted molar refractivity (Wildman–Crippen MR) is 62.8 cm³/mol. The highest BCUT2D eigenvalue weighted by Gasteiger charge is 2.24. The SMILES string of the molecule is COc1nc(N)nc(OC2CCCCC2C)n1.